The van der Waals surface area contributed by atoms with Gasteiger partial charge in [-0.1, -0.05) is 27.2 Å². The molecule has 3 unspecified atom stereocenters. The van der Waals surface area contributed by atoms with Crippen molar-refractivity contribution in [1.29, 1.82) is 0 Å². The summed E-state index contributed by atoms with van der Waals surface area (Å²) in [5, 5.41) is 0.739. The minimum Gasteiger partial charge on any atom is -0.329 e. The summed E-state index contributed by atoms with van der Waals surface area (Å²) in [4.78, 5) is 2.69. The zero-order valence-electron chi connectivity index (χ0n) is 11.3. The second kappa shape index (κ2) is 6.27. The minimum absolute atomic E-state index is 0.253. The predicted molar refractivity (Wildman–Crippen MR) is 75.1 cm³/mol. The highest BCUT2D eigenvalue weighted by Gasteiger charge is 2.39. The number of nitrogens with two attached hydrogens (primary N) is 1. The quantitative estimate of drug-likeness (QED) is 0.806. The fourth-order valence-electron chi connectivity index (χ4n) is 2.95. The predicted octanol–water partition coefficient (Wildman–Crippen LogP) is 2.72. The first-order chi connectivity index (χ1) is 7.61. The van der Waals surface area contributed by atoms with Crippen LogP contribution in [0.25, 0.3) is 0 Å². The molecule has 0 aliphatic carbocycles. The molecular weight excluding hydrogens is 216 g/mol. The zero-order chi connectivity index (χ0) is 12.2. The van der Waals surface area contributed by atoms with Gasteiger partial charge in [-0.3, -0.25) is 4.90 Å². The number of rotatable bonds is 5. The van der Waals surface area contributed by atoms with Gasteiger partial charge in [0, 0.05) is 35.7 Å². The van der Waals surface area contributed by atoms with Gasteiger partial charge in [0.05, 0.1) is 0 Å². The average Bonchev–Trinajstić information content (AvgIpc) is 2.30. The van der Waals surface area contributed by atoms with Gasteiger partial charge in [-0.2, -0.15) is 11.8 Å². The molecule has 0 bridgehead atoms. The Morgan fingerprint density at radius 3 is 2.56 bits per heavy atom. The third kappa shape index (κ3) is 2.74. The molecule has 2 nitrogen and oxygen atoms in total. The van der Waals surface area contributed by atoms with Gasteiger partial charge >= 0.3 is 0 Å². The highest BCUT2D eigenvalue weighted by atomic mass is 32.2. The summed E-state index contributed by atoms with van der Waals surface area (Å²) in [5.74, 6) is 1.26. The maximum absolute atomic E-state index is 6.09. The van der Waals surface area contributed by atoms with Crippen molar-refractivity contribution < 1.29 is 0 Å². The van der Waals surface area contributed by atoms with Crippen LogP contribution in [0.15, 0.2) is 0 Å². The van der Waals surface area contributed by atoms with E-state index < -0.39 is 0 Å². The van der Waals surface area contributed by atoms with E-state index in [9.17, 15) is 0 Å². The molecule has 0 radical (unpaired) electrons. The van der Waals surface area contributed by atoms with Crippen molar-refractivity contribution in [3.63, 3.8) is 0 Å². The van der Waals surface area contributed by atoms with Crippen LogP contribution in [0.5, 0.6) is 0 Å². The van der Waals surface area contributed by atoms with Gasteiger partial charge in [0.1, 0.15) is 0 Å². The molecule has 1 heterocycles. The van der Waals surface area contributed by atoms with Crippen molar-refractivity contribution in [3.05, 3.63) is 0 Å². The van der Waals surface area contributed by atoms with E-state index in [1.165, 1.54) is 31.6 Å². The second-order valence-corrected chi connectivity index (χ2v) is 6.53. The lowest BCUT2D eigenvalue weighted by Crippen LogP contribution is -2.61. The molecule has 0 aromatic carbocycles. The molecule has 1 rings (SSSR count). The average molecular weight is 244 g/mol. The summed E-state index contributed by atoms with van der Waals surface area (Å²) in [7, 11) is 0. The molecule has 1 aliphatic heterocycles. The van der Waals surface area contributed by atoms with Crippen molar-refractivity contribution in [3.8, 4) is 0 Å². The maximum Gasteiger partial charge on any atom is 0.0332 e. The number of nitrogens with zero attached hydrogens (tertiary/aromatic N) is 1. The smallest absolute Gasteiger partial charge is 0.0332 e. The van der Waals surface area contributed by atoms with Crippen molar-refractivity contribution in [2.24, 2.45) is 5.73 Å². The van der Waals surface area contributed by atoms with Gasteiger partial charge in [0.15, 0.2) is 0 Å². The Bertz CT molecular complexity index is 204. The molecule has 0 aromatic rings. The lowest BCUT2D eigenvalue weighted by molar-refractivity contribution is 0.0456. The third-order valence-corrected chi connectivity index (χ3v) is 5.58. The van der Waals surface area contributed by atoms with Crippen LogP contribution in [-0.2, 0) is 0 Å². The SMILES string of the molecule is CCCC(CC)(CN)N1CCSC(C)C1C. The van der Waals surface area contributed by atoms with Gasteiger partial charge in [-0.05, 0) is 19.8 Å². The van der Waals surface area contributed by atoms with E-state index in [1.807, 2.05) is 0 Å². The van der Waals surface area contributed by atoms with Gasteiger partial charge in [-0.25, -0.2) is 0 Å². The summed E-state index contributed by atoms with van der Waals surface area (Å²) in [6, 6.07) is 0.661. The summed E-state index contributed by atoms with van der Waals surface area (Å²) in [6.07, 6.45) is 3.65. The summed E-state index contributed by atoms with van der Waals surface area (Å²) in [6.45, 7) is 11.3. The van der Waals surface area contributed by atoms with Crippen molar-refractivity contribution in [1.82, 2.24) is 4.90 Å². The van der Waals surface area contributed by atoms with Gasteiger partial charge in [-0.15, -0.1) is 0 Å². The lowest BCUT2D eigenvalue weighted by atomic mass is 9.86. The van der Waals surface area contributed by atoms with E-state index in [0.29, 0.717) is 6.04 Å². The number of thioether (sulfide) groups is 1. The Labute approximate surface area is 105 Å². The standard InChI is InChI=1S/C13H28N2S/c1-5-7-13(6-2,10-14)15-8-9-16-12(4)11(15)3/h11-12H,5-10,14H2,1-4H3. The molecule has 0 saturated carbocycles. The van der Waals surface area contributed by atoms with Crippen LogP contribution in [0.3, 0.4) is 0 Å². The summed E-state index contributed by atoms with van der Waals surface area (Å²) in [5.41, 5.74) is 6.35. The molecule has 96 valence electrons. The van der Waals surface area contributed by atoms with Crippen LogP contribution in [-0.4, -0.2) is 40.6 Å². The van der Waals surface area contributed by atoms with Crippen LogP contribution in [0, 0.1) is 0 Å². The van der Waals surface area contributed by atoms with E-state index in [1.54, 1.807) is 0 Å². The lowest BCUT2D eigenvalue weighted by Gasteiger charge is -2.50. The Kier molecular flexibility index (Phi) is 5.62. The fraction of sp³-hybridized carbons (Fsp3) is 1.00. The summed E-state index contributed by atoms with van der Waals surface area (Å²) < 4.78 is 0. The van der Waals surface area contributed by atoms with E-state index in [0.717, 1.165) is 11.8 Å². The summed E-state index contributed by atoms with van der Waals surface area (Å²) >= 11 is 2.10. The van der Waals surface area contributed by atoms with Gasteiger partial charge < -0.3 is 5.73 Å². The Balaban J connectivity index is 2.83. The molecule has 16 heavy (non-hydrogen) atoms. The molecule has 3 heteroatoms. The normalized spacial score (nSPS) is 31.3. The van der Waals surface area contributed by atoms with E-state index in [2.05, 4.69) is 44.4 Å². The molecule has 1 aliphatic rings. The Morgan fingerprint density at radius 1 is 1.38 bits per heavy atom. The highest BCUT2D eigenvalue weighted by Crippen LogP contribution is 2.34. The Morgan fingerprint density at radius 2 is 2.06 bits per heavy atom. The van der Waals surface area contributed by atoms with Crippen LogP contribution in [0.2, 0.25) is 0 Å². The molecule has 0 amide bonds. The molecule has 2 N–H and O–H groups in total. The van der Waals surface area contributed by atoms with E-state index in [4.69, 9.17) is 5.73 Å². The van der Waals surface area contributed by atoms with Gasteiger partial charge in [0.25, 0.3) is 0 Å². The molecule has 1 fully saturated rings. The Hall–Kier alpha value is 0.270. The molecule has 3 atom stereocenters. The van der Waals surface area contributed by atoms with Crippen molar-refractivity contribution in [2.45, 2.75) is 63.8 Å². The second-order valence-electron chi connectivity index (χ2n) is 5.04. The maximum atomic E-state index is 6.09. The van der Waals surface area contributed by atoms with Crippen LogP contribution in [0.1, 0.15) is 47.0 Å². The van der Waals surface area contributed by atoms with Crippen LogP contribution < -0.4 is 5.73 Å². The minimum atomic E-state index is 0.253. The number of hydrogen-bond donors (Lipinski definition) is 1. The first kappa shape index (κ1) is 14.3. The van der Waals surface area contributed by atoms with Crippen LogP contribution >= 0.6 is 11.8 Å². The first-order valence-electron chi connectivity index (χ1n) is 6.69. The molecular formula is C13H28N2S. The molecule has 0 aromatic heterocycles. The molecule has 1 saturated heterocycles. The van der Waals surface area contributed by atoms with Crippen molar-refractivity contribution in [2.75, 3.05) is 18.8 Å². The topological polar surface area (TPSA) is 29.3 Å². The highest BCUT2D eigenvalue weighted by molar-refractivity contribution is 8.00. The first-order valence-corrected chi connectivity index (χ1v) is 7.74. The van der Waals surface area contributed by atoms with Crippen LogP contribution in [0.4, 0.5) is 0 Å². The molecule has 0 spiro atoms. The van der Waals surface area contributed by atoms with Crippen molar-refractivity contribution >= 4 is 11.8 Å². The van der Waals surface area contributed by atoms with E-state index >= 15 is 0 Å². The fourth-order valence-corrected chi connectivity index (χ4v) is 4.05. The third-order valence-electron chi connectivity index (χ3n) is 4.25. The largest absolute Gasteiger partial charge is 0.329 e. The zero-order valence-corrected chi connectivity index (χ0v) is 12.1. The number of hydrogen-bond acceptors (Lipinski definition) is 3. The van der Waals surface area contributed by atoms with Gasteiger partial charge in [0.2, 0.25) is 0 Å². The van der Waals surface area contributed by atoms with E-state index in [-0.39, 0.29) is 5.54 Å². The monoisotopic (exact) mass is 244 g/mol.